The summed E-state index contributed by atoms with van der Waals surface area (Å²) in [6.45, 7) is 2.58. The molecule has 0 saturated heterocycles. The third-order valence-electron chi connectivity index (χ3n) is 3.91. The van der Waals surface area contributed by atoms with Gasteiger partial charge in [-0.2, -0.15) is 10.4 Å². The summed E-state index contributed by atoms with van der Waals surface area (Å²) in [4.78, 5) is 11.0. The van der Waals surface area contributed by atoms with Crippen molar-refractivity contribution in [2.75, 3.05) is 0 Å². The van der Waals surface area contributed by atoms with E-state index in [0.29, 0.717) is 17.9 Å². The van der Waals surface area contributed by atoms with E-state index in [-0.39, 0.29) is 0 Å². The second-order valence-corrected chi connectivity index (χ2v) is 7.66. The number of hydrogen-bond acceptors (Lipinski definition) is 7. The lowest BCUT2D eigenvalue weighted by Crippen LogP contribution is -1.82. The molecule has 0 saturated carbocycles. The molecule has 0 N–H and O–H groups in total. The van der Waals surface area contributed by atoms with Gasteiger partial charge in [0.25, 0.3) is 0 Å². The summed E-state index contributed by atoms with van der Waals surface area (Å²) in [5.74, 6) is 0.586. The molecule has 0 fully saturated rings. The Morgan fingerprint density at radius 3 is 2.92 bits per heavy atom. The lowest BCUT2D eigenvalue weighted by atomic mass is 10.1. The molecule has 4 aromatic rings. The molecule has 0 unspecified atom stereocenters. The SMILES string of the molecule is Cc1c(-c2cccc(C#N)c2)sc2c(N=NCc3cccs3)ncnc12. The zero-order valence-corrected chi connectivity index (χ0v) is 15.5. The van der Waals surface area contributed by atoms with Crippen LogP contribution in [-0.2, 0) is 6.54 Å². The van der Waals surface area contributed by atoms with Crippen molar-refractivity contribution in [2.45, 2.75) is 13.5 Å². The van der Waals surface area contributed by atoms with Gasteiger partial charge in [0.2, 0.25) is 0 Å². The molecular weight excluding hydrogens is 362 g/mol. The van der Waals surface area contributed by atoms with Crippen LogP contribution in [0.4, 0.5) is 5.82 Å². The Labute approximate surface area is 158 Å². The number of azo groups is 1. The smallest absolute Gasteiger partial charge is 0.195 e. The highest BCUT2D eigenvalue weighted by atomic mass is 32.1. The molecule has 0 atom stereocenters. The zero-order valence-electron chi connectivity index (χ0n) is 13.9. The minimum atomic E-state index is 0.546. The largest absolute Gasteiger partial charge is 0.235 e. The highest BCUT2D eigenvalue weighted by Gasteiger charge is 2.15. The van der Waals surface area contributed by atoms with E-state index in [1.165, 1.54) is 6.33 Å². The number of thiophene rings is 2. The summed E-state index contributed by atoms with van der Waals surface area (Å²) in [6.07, 6.45) is 1.52. The van der Waals surface area contributed by atoms with Gasteiger partial charge in [0.05, 0.1) is 23.7 Å². The minimum Gasteiger partial charge on any atom is -0.235 e. The minimum absolute atomic E-state index is 0.546. The Hall–Kier alpha value is -2.95. The van der Waals surface area contributed by atoms with Crippen molar-refractivity contribution in [2.24, 2.45) is 10.2 Å². The Kier molecular flexibility index (Phi) is 4.52. The van der Waals surface area contributed by atoms with Crippen molar-refractivity contribution < 1.29 is 0 Å². The maximum atomic E-state index is 9.14. The van der Waals surface area contributed by atoms with Crippen LogP contribution in [0.1, 0.15) is 16.0 Å². The topological polar surface area (TPSA) is 74.3 Å². The van der Waals surface area contributed by atoms with Crippen LogP contribution >= 0.6 is 22.7 Å². The third-order valence-corrected chi connectivity index (χ3v) is 6.10. The number of fused-ring (bicyclic) bond motifs is 1. The van der Waals surface area contributed by atoms with Gasteiger partial charge < -0.3 is 0 Å². The Morgan fingerprint density at radius 2 is 2.12 bits per heavy atom. The summed E-state index contributed by atoms with van der Waals surface area (Å²) in [5.41, 5.74) is 3.59. The summed E-state index contributed by atoms with van der Waals surface area (Å²) >= 11 is 3.24. The number of aromatic nitrogens is 2. The number of hydrogen-bond donors (Lipinski definition) is 0. The van der Waals surface area contributed by atoms with Gasteiger partial charge in [-0.25, -0.2) is 9.97 Å². The van der Waals surface area contributed by atoms with Crippen LogP contribution in [0.15, 0.2) is 58.3 Å². The molecule has 0 bridgehead atoms. The average Bonchev–Trinajstić information content (AvgIpc) is 3.31. The van der Waals surface area contributed by atoms with Crippen molar-refractivity contribution in [1.29, 1.82) is 5.26 Å². The van der Waals surface area contributed by atoms with Gasteiger partial charge in [-0.15, -0.1) is 27.8 Å². The van der Waals surface area contributed by atoms with Crippen molar-refractivity contribution >= 4 is 38.7 Å². The standard InChI is InChI=1S/C19H13N5S2/c1-12-16-18(26-17(12)14-5-2-4-13(8-14)9-20)19(22-11-21-16)24-23-10-15-6-3-7-25-15/h2-8,11H,10H2,1H3. The summed E-state index contributed by atoms with van der Waals surface area (Å²) in [5, 5.41) is 19.8. The predicted molar refractivity (Wildman–Crippen MR) is 105 cm³/mol. The van der Waals surface area contributed by atoms with E-state index in [1.807, 2.05) is 42.6 Å². The first kappa shape index (κ1) is 16.5. The summed E-state index contributed by atoms with van der Waals surface area (Å²) in [7, 11) is 0. The summed E-state index contributed by atoms with van der Waals surface area (Å²) < 4.78 is 0.914. The molecule has 3 aromatic heterocycles. The molecule has 5 nitrogen and oxygen atoms in total. The second kappa shape index (κ2) is 7.12. The van der Waals surface area contributed by atoms with Gasteiger partial charge in [-0.05, 0) is 41.6 Å². The van der Waals surface area contributed by atoms with E-state index in [0.717, 1.165) is 31.1 Å². The molecule has 0 radical (unpaired) electrons. The van der Waals surface area contributed by atoms with Crippen LogP contribution in [0.3, 0.4) is 0 Å². The molecule has 126 valence electrons. The fraction of sp³-hybridized carbons (Fsp3) is 0.105. The van der Waals surface area contributed by atoms with Crippen LogP contribution in [0.5, 0.6) is 0 Å². The molecule has 0 spiro atoms. The molecule has 0 amide bonds. The van der Waals surface area contributed by atoms with Gasteiger partial charge in [0, 0.05) is 9.75 Å². The predicted octanol–water partition coefficient (Wildman–Crippen LogP) is 5.88. The fourth-order valence-corrected chi connectivity index (χ4v) is 4.47. The van der Waals surface area contributed by atoms with Crippen molar-refractivity contribution in [3.05, 3.63) is 64.1 Å². The lowest BCUT2D eigenvalue weighted by molar-refractivity contribution is 0.965. The first-order chi connectivity index (χ1) is 12.8. The number of nitrogens with zero attached hydrogens (tertiary/aromatic N) is 5. The maximum absolute atomic E-state index is 9.14. The number of aryl methyl sites for hydroxylation is 1. The molecule has 4 rings (SSSR count). The van der Waals surface area contributed by atoms with Crippen molar-refractivity contribution in [1.82, 2.24) is 9.97 Å². The van der Waals surface area contributed by atoms with Crippen molar-refractivity contribution in [3.63, 3.8) is 0 Å². The fourth-order valence-electron chi connectivity index (χ4n) is 2.66. The van der Waals surface area contributed by atoms with Gasteiger partial charge in [-0.3, -0.25) is 0 Å². The summed E-state index contributed by atoms with van der Waals surface area (Å²) in [6, 6.07) is 13.8. The van der Waals surface area contributed by atoms with Crippen LogP contribution < -0.4 is 0 Å². The van der Waals surface area contributed by atoms with Crippen LogP contribution in [0, 0.1) is 18.3 Å². The highest BCUT2D eigenvalue weighted by Crippen LogP contribution is 2.40. The van der Waals surface area contributed by atoms with E-state index in [9.17, 15) is 0 Å². The Morgan fingerprint density at radius 1 is 1.19 bits per heavy atom. The number of benzene rings is 1. The van der Waals surface area contributed by atoms with Crippen LogP contribution in [0.25, 0.3) is 20.7 Å². The average molecular weight is 375 g/mol. The zero-order chi connectivity index (χ0) is 17.9. The monoisotopic (exact) mass is 375 g/mol. The van der Waals surface area contributed by atoms with E-state index < -0.39 is 0 Å². The van der Waals surface area contributed by atoms with Gasteiger partial charge in [0.1, 0.15) is 11.0 Å². The first-order valence-corrected chi connectivity index (χ1v) is 9.60. The lowest BCUT2D eigenvalue weighted by Gasteiger charge is -1.99. The quantitative estimate of drug-likeness (QED) is 0.418. The van der Waals surface area contributed by atoms with E-state index in [2.05, 4.69) is 26.3 Å². The van der Waals surface area contributed by atoms with E-state index in [1.54, 1.807) is 28.7 Å². The molecule has 1 aromatic carbocycles. The second-order valence-electron chi connectivity index (χ2n) is 5.60. The highest BCUT2D eigenvalue weighted by molar-refractivity contribution is 7.23. The molecule has 0 aliphatic heterocycles. The van der Waals surface area contributed by atoms with Gasteiger partial charge >= 0.3 is 0 Å². The molecular formula is C19H13N5S2. The first-order valence-electron chi connectivity index (χ1n) is 7.91. The number of nitriles is 1. The Bertz CT molecular complexity index is 1140. The molecule has 26 heavy (non-hydrogen) atoms. The van der Waals surface area contributed by atoms with E-state index in [4.69, 9.17) is 5.26 Å². The van der Waals surface area contributed by atoms with Crippen LogP contribution in [-0.4, -0.2) is 9.97 Å². The molecule has 3 heterocycles. The van der Waals surface area contributed by atoms with Gasteiger partial charge in [-0.1, -0.05) is 18.2 Å². The van der Waals surface area contributed by atoms with E-state index >= 15 is 0 Å². The van der Waals surface area contributed by atoms with Gasteiger partial charge in [0.15, 0.2) is 5.82 Å². The third kappa shape index (κ3) is 3.12. The molecule has 7 heteroatoms. The Balaban J connectivity index is 1.75. The normalized spacial score (nSPS) is 11.2. The maximum Gasteiger partial charge on any atom is 0.195 e. The van der Waals surface area contributed by atoms with Crippen molar-refractivity contribution in [3.8, 4) is 16.5 Å². The molecule has 0 aliphatic rings. The number of rotatable bonds is 4. The van der Waals surface area contributed by atoms with Crippen LogP contribution in [0.2, 0.25) is 0 Å². The molecule has 0 aliphatic carbocycles.